The van der Waals surface area contributed by atoms with Gasteiger partial charge in [-0.15, -0.1) is 0 Å². The molecule has 1 amide bonds. The maximum absolute atomic E-state index is 14.4. The highest BCUT2D eigenvalue weighted by atomic mass is 35.5. The molecule has 39 heavy (non-hydrogen) atoms. The van der Waals surface area contributed by atoms with Gasteiger partial charge in [-0.1, -0.05) is 75.4 Å². The van der Waals surface area contributed by atoms with Crippen molar-refractivity contribution in [2.75, 3.05) is 6.54 Å². The summed E-state index contributed by atoms with van der Waals surface area (Å²) < 4.78 is 81.7. The summed E-state index contributed by atoms with van der Waals surface area (Å²) in [5, 5.41) is 16.4. The van der Waals surface area contributed by atoms with Crippen molar-refractivity contribution in [3.05, 3.63) is 80.3 Å². The fourth-order valence-corrected chi connectivity index (χ4v) is 4.63. The van der Waals surface area contributed by atoms with Gasteiger partial charge in [0.1, 0.15) is 0 Å². The van der Waals surface area contributed by atoms with Crippen LogP contribution in [0.3, 0.4) is 0 Å². The van der Waals surface area contributed by atoms with Crippen molar-refractivity contribution < 1.29 is 41.2 Å². The number of nitrogens with one attached hydrogen (secondary N) is 1. The number of hydrogen-bond donors (Lipinski definition) is 2. The third kappa shape index (κ3) is 5.32. The summed E-state index contributed by atoms with van der Waals surface area (Å²) in [5.41, 5.74) is -5.02. The van der Waals surface area contributed by atoms with E-state index < -0.39 is 48.1 Å². The van der Waals surface area contributed by atoms with E-state index in [1.54, 1.807) is 6.07 Å². The Morgan fingerprint density at radius 1 is 1.03 bits per heavy atom. The minimum Gasteiger partial charge on any atom is -0.411 e. The number of oxime groups is 2. The first-order valence-corrected chi connectivity index (χ1v) is 11.9. The van der Waals surface area contributed by atoms with Crippen LogP contribution in [0.15, 0.2) is 58.8 Å². The molecular formula is C24H14Cl3F6N3O3. The smallest absolute Gasteiger partial charge is 0.411 e. The number of fused-ring (bicyclic) bond motifs is 1. The van der Waals surface area contributed by atoms with Crippen molar-refractivity contribution >= 4 is 62.9 Å². The van der Waals surface area contributed by atoms with Gasteiger partial charge >= 0.3 is 12.4 Å². The first kappa shape index (κ1) is 28.8. The number of rotatable bonds is 5. The Kier molecular flexibility index (Phi) is 7.67. The monoisotopic (exact) mass is 611 g/mol. The topological polar surface area (TPSA) is 83.3 Å². The van der Waals surface area contributed by atoms with Crippen molar-refractivity contribution in [1.29, 1.82) is 0 Å². The third-order valence-electron chi connectivity index (χ3n) is 5.98. The Bertz CT molecular complexity index is 1500. The van der Waals surface area contributed by atoms with Crippen LogP contribution in [0, 0.1) is 0 Å². The molecule has 1 heterocycles. The lowest BCUT2D eigenvalue weighted by molar-refractivity contribution is -0.275. The molecule has 0 fully saturated rings. The molecule has 0 aliphatic carbocycles. The highest BCUT2D eigenvalue weighted by Gasteiger charge is 2.62. The standard InChI is InChI=1S/C24H14Cl3F6N3O3/c25-16-7-11(8-17(26)20(16)27)22(24(31,32)33)9-18(36-39-22)14-5-6-15(13-4-2-1-3-12(13)14)21(37)34-10-19(35-38)23(28,29)30/h1-8,38H,9-10H2,(H,34,37). The van der Waals surface area contributed by atoms with E-state index in [-0.39, 0.29) is 42.7 Å². The van der Waals surface area contributed by atoms with Crippen LogP contribution < -0.4 is 5.32 Å². The van der Waals surface area contributed by atoms with Crippen LogP contribution in [0.5, 0.6) is 0 Å². The number of carbonyl (C=O) groups excluding carboxylic acids is 1. The van der Waals surface area contributed by atoms with Gasteiger partial charge in [0.15, 0.2) is 5.71 Å². The van der Waals surface area contributed by atoms with Crippen molar-refractivity contribution in [2.45, 2.75) is 24.4 Å². The summed E-state index contributed by atoms with van der Waals surface area (Å²) in [6, 6.07) is 10.6. The Hall–Kier alpha value is -3.22. The zero-order valence-corrected chi connectivity index (χ0v) is 21.4. The molecular weight excluding hydrogens is 599 g/mol. The van der Waals surface area contributed by atoms with Gasteiger partial charge in [0.2, 0.25) is 0 Å². The van der Waals surface area contributed by atoms with E-state index >= 15 is 0 Å². The van der Waals surface area contributed by atoms with Crippen LogP contribution in [-0.2, 0) is 10.4 Å². The largest absolute Gasteiger partial charge is 0.435 e. The van der Waals surface area contributed by atoms with E-state index in [4.69, 9.17) is 44.8 Å². The molecule has 0 radical (unpaired) electrons. The summed E-state index contributed by atoms with van der Waals surface area (Å²) in [4.78, 5) is 17.7. The molecule has 0 saturated heterocycles. The number of amides is 1. The van der Waals surface area contributed by atoms with E-state index in [0.717, 1.165) is 12.1 Å². The molecule has 206 valence electrons. The van der Waals surface area contributed by atoms with Gasteiger partial charge in [-0.25, -0.2) is 0 Å². The fourth-order valence-electron chi connectivity index (χ4n) is 4.04. The van der Waals surface area contributed by atoms with Crippen LogP contribution in [0.25, 0.3) is 10.8 Å². The van der Waals surface area contributed by atoms with Gasteiger partial charge in [-0.2, -0.15) is 26.3 Å². The van der Waals surface area contributed by atoms with Crippen LogP contribution in [-0.4, -0.2) is 41.4 Å². The fraction of sp³-hybridized carbons (Fsp3) is 0.208. The van der Waals surface area contributed by atoms with Crippen LogP contribution >= 0.6 is 34.8 Å². The Morgan fingerprint density at radius 2 is 1.64 bits per heavy atom. The number of nitrogens with zero attached hydrogens (tertiary/aromatic N) is 2. The average molecular weight is 613 g/mol. The molecule has 6 nitrogen and oxygen atoms in total. The van der Waals surface area contributed by atoms with E-state index in [1.165, 1.54) is 30.3 Å². The molecule has 1 aliphatic heterocycles. The summed E-state index contributed by atoms with van der Waals surface area (Å²) in [7, 11) is 0. The van der Waals surface area contributed by atoms with E-state index in [2.05, 4.69) is 10.3 Å². The summed E-state index contributed by atoms with van der Waals surface area (Å²) >= 11 is 17.8. The van der Waals surface area contributed by atoms with Gasteiger partial charge in [-0.3, -0.25) is 4.79 Å². The molecule has 0 saturated carbocycles. The number of alkyl halides is 6. The lowest BCUT2D eigenvalue weighted by Gasteiger charge is -2.30. The van der Waals surface area contributed by atoms with Gasteiger partial charge in [0.25, 0.3) is 11.5 Å². The molecule has 1 atom stereocenters. The van der Waals surface area contributed by atoms with Gasteiger partial charge in [0.05, 0.1) is 27.3 Å². The van der Waals surface area contributed by atoms with Crippen LogP contribution in [0.1, 0.15) is 27.9 Å². The van der Waals surface area contributed by atoms with E-state index in [9.17, 15) is 31.1 Å². The number of carbonyl (C=O) groups is 1. The molecule has 3 aromatic rings. The molecule has 0 spiro atoms. The predicted octanol–water partition coefficient (Wildman–Crippen LogP) is 7.50. The van der Waals surface area contributed by atoms with Crippen LogP contribution in [0.4, 0.5) is 26.3 Å². The highest BCUT2D eigenvalue weighted by molar-refractivity contribution is 6.48. The minimum atomic E-state index is -4.97. The zero-order valence-electron chi connectivity index (χ0n) is 19.1. The zero-order chi connectivity index (χ0) is 28.8. The van der Waals surface area contributed by atoms with Crippen molar-refractivity contribution in [3.8, 4) is 0 Å². The van der Waals surface area contributed by atoms with Gasteiger partial charge < -0.3 is 15.4 Å². The molecule has 1 unspecified atom stereocenters. The molecule has 4 rings (SSSR count). The second-order valence-electron chi connectivity index (χ2n) is 8.32. The molecule has 0 aromatic heterocycles. The van der Waals surface area contributed by atoms with E-state index in [1.807, 2.05) is 5.32 Å². The van der Waals surface area contributed by atoms with Crippen molar-refractivity contribution in [1.82, 2.24) is 5.32 Å². The molecule has 0 bridgehead atoms. The maximum Gasteiger partial charge on any atom is 0.435 e. The summed E-state index contributed by atoms with van der Waals surface area (Å²) in [5.74, 6) is -0.942. The lowest BCUT2D eigenvalue weighted by atomic mass is 9.85. The summed E-state index contributed by atoms with van der Waals surface area (Å²) in [6.07, 6.45) is -10.7. The molecule has 1 aliphatic rings. The van der Waals surface area contributed by atoms with Crippen molar-refractivity contribution in [2.24, 2.45) is 10.3 Å². The van der Waals surface area contributed by atoms with Crippen LogP contribution in [0.2, 0.25) is 15.1 Å². The minimum absolute atomic E-state index is 0.0771. The number of hydrogen-bond acceptors (Lipinski definition) is 5. The first-order chi connectivity index (χ1) is 18.2. The van der Waals surface area contributed by atoms with Gasteiger partial charge in [0, 0.05) is 23.1 Å². The van der Waals surface area contributed by atoms with Crippen molar-refractivity contribution in [3.63, 3.8) is 0 Å². The molecule has 15 heteroatoms. The lowest BCUT2D eigenvalue weighted by Crippen LogP contribution is -2.42. The Labute approximate surface area is 230 Å². The Morgan fingerprint density at radius 3 is 2.21 bits per heavy atom. The quantitative estimate of drug-likeness (QED) is 0.103. The highest BCUT2D eigenvalue weighted by Crippen LogP contribution is 2.51. The third-order valence-corrected chi connectivity index (χ3v) is 7.18. The average Bonchev–Trinajstić information content (AvgIpc) is 3.32. The summed E-state index contributed by atoms with van der Waals surface area (Å²) in [6.45, 7) is -1.12. The predicted molar refractivity (Wildman–Crippen MR) is 133 cm³/mol. The normalized spacial score (nSPS) is 18.2. The maximum atomic E-state index is 14.4. The molecule has 3 aromatic carbocycles. The Balaban J connectivity index is 1.71. The second-order valence-corrected chi connectivity index (χ2v) is 9.51. The van der Waals surface area contributed by atoms with E-state index in [0.29, 0.717) is 0 Å². The van der Waals surface area contributed by atoms with Gasteiger partial charge in [-0.05, 0) is 29.0 Å². The molecule has 2 N–H and O–H groups in total. The number of halogens is 9. The number of benzene rings is 3. The second kappa shape index (κ2) is 10.4. The SMILES string of the molecule is O=C(NCC(=NO)C(F)(F)F)c1ccc(C2=NOC(c3cc(Cl)c(Cl)c(Cl)c3)(C(F)(F)F)C2)c2ccccc12. The first-order valence-electron chi connectivity index (χ1n) is 10.7.